The third kappa shape index (κ3) is 6.09. The molecular formula is C24H31F3N6O2. The number of nitrogens with zero attached hydrogens (tertiary/aromatic N) is 5. The summed E-state index contributed by atoms with van der Waals surface area (Å²) in [6, 6.07) is 4.67. The molecule has 2 saturated heterocycles. The van der Waals surface area contributed by atoms with Gasteiger partial charge < -0.3 is 15.7 Å². The Hall–Kier alpha value is -2.76. The SMILES string of the molecule is Nc1ncc(-c2cccc(C(F)(F)F)c2)c([C@@H]2CCCCN2C(=O)CN2CCN(CCO)CC2)n1. The van der Waals surface area contributed by atoms with Gasteiger partial charge in [0.1, 0.15) is 0 Å². The third-order valence-electron chi connectivity index (χ3n) is 6.72. The highest BCUT2D eigenvalue weighted by atomic mass is 19.4. The molecular weight excluding hydrogens is 461 g/mol. The number of halogens is 3. The number of piperazine rings is 1. The van der Waals surface area contributed by atoms with Gasteiger partial charge in [-0.05, 0) is 37.0 Å². The first kappa shape index (κ1) is 25.3. The molecule has 0 unspecified atom stereocenters. The standard InChI is InChI=1S/C24H31F3N6O2/c25-24(26,27)18-5-3-4-17(14-18)19-15-29-23(28)30-22(19)20-6-1-2-7-33(20)21(35)16-32-10-8-31(9-11-32)12-13-34/h3-5,14-15,20,34H,1-2,6-13,16H2,(H2,28,29,30)/t20-/m0/s1. The average Bonchev–Trinajstić information content (AvgIpc) is 2.85. The van der Waals surface area contributed by atoms with Gasteiger partial charge in [-0.2, -0.15) is 13.2 Å². The predicted molar refractivity (Wildman–Crippen MR) is 125 cm³/mol. The Labute approximate surface area is 202 Å². The van der Waals surface area contributed by atoms with E-state index in [2.05, 4.69) is 19.8 Å². The second-order valence-electron chi connectivity index (χ2n) is 9.05. The van der Waals surface area contributed by atoms with Gasteiger partial charge >= 0.3 is 6.18 Å². The van der Waals surface area contributed by atoms with Gasteiger partial charge in [0.2, 0.25) is 11.9 Å². The molecule has 1 aromatic heterocycles. The van der Waals surface area contributed by atoms with Gasteiger partial charge in [-0.25, -0.2) is 9.97 Å². The molecule has 3 heterocycles. The Bertz CT molecular complexity index is 1030. The number of anilines is 1. The van der Waals surface area contributed by atoms with E-state index >= 15 is 0 Å². The van der Waals surface area contributed by atoms with E-state index in [1.165, 1.54) is 12.3 Å². The zero-order valence-corrected chi connectivity index (χ0v) is 19.5. The van der Waals surface area contributed by atoms with Gasteiger partial charge in [0.15, 0.2) is 0 Å². The predicted octanol–water partition coefficient (Wildman–Crippen LogP) is 2.41. The number of aromatic nitrogens is 2. The van der Waals surface area contributed by atoms with E-state index in [4.69, 9.17) is 10.8 Å². The molecule has 0 radical (unpaired) electrons. The molecule has 0 spiro atoms. The van der Waals surface area contributed by atoms with Crippen LogP contribution in [0.15, 0.2) is 30.5 Å². The number of nitrogen functional groups attached to an aromatic ring is 1. The number of nitrogens with two attached hydrogens (primary N) is 1. The fraction of sp³-hybridized carbons (Fsp3) is 0.542. The number of aliphatic hydroxyl groups excluding tert-OH is 1. The van der Waals surface area contributed by atoms with Crippen molar-refractivity contribution in [3.05, 3.63) is 41.7 Å². The molecule has 1 aromatic carbocycles. The molecule has 0 aliphatic carbocycles. The van der Waals surface area contributed by atoms with Crippen molar-refractivity contribution in [2.45, 2.75) is 31.5 Å². The fourth-order valence-electron chi connectivity index (χ4n) is 4.86. The van der Waals surface area contributed by atoms with Crippen LogP contribution < -0.4 is 5.73 Å². The largest absolute Gasteiger partial charge is 0.416 e. The van der Waals surface area contributed by atoms with Crippen LogP contribution in [0, 0.1) is 0 Å². The van der Waals surface area contributed by atoms with Gasteiger partial charge in [0, 0.05) is 51.0 Å². The second kappa shape index (κ2) is 10.9. The first-order valence-electron chi connectivity index (χ1n) is 11.9. The van der Waals surface area contributed by atoms with Crippen molar-refractivity contribution in [1.29, 1.82) is 0 Å². The van der Waals surface area contributed by atoms with E-state index in [-0.39, 0.29) is 31.0 Å². The second-order valence-corrected chi connectivity index (χ2v) is 9.05. The Morgan fingerprint density at radius 3 is 2.57 bits per heavy atom. The minimum absolute atomic E-state index is 0.0219. The molecule has 8 nitrogen and oxygen atoms in total. The van der Waals surface area contributed by atoms with Crippen molar-refractivity contribution in [1.82, 2.24) is 24.7 Å². The van der Waals surface area contributed by atoms with Gasteiger partial charge in [-0.1, -0.05) is 12.1 Å². The number of alkyl halides is 3. The smallest absolute Gasteiger partial charge is 0.395 e. The molecule has 1 amide bonds. The summed E-state index contributed by atoms with van der Waals surface area (Å²) in [6.45, 7) is 4.62. The molecule has 4 rings (SSSR count). The van der Waals surface area contributed by atoms with E-state index < -0.39 is 11.7 Å². The molecule has 1 atom stereocenters. The number of carbonyl (C=O) groups excluding carboxylic acids is 1. The fourth-order valence-corrected chi connectivity index (χ4v) is 4.86. The normalized spacial score (nSPS) is 20.2. The summed E-state index contributed by atoms with van der Waals surface area (Å²) < 4.78 is 40.0. The van der Waals surface area contributed by atoms with E-state index in [0.29, 0.717) is 36.3 Å². The zero-order chi connectivity index (χ0) is 25.0. The number of benzene rings is 1. The number of β-amino-alcohol motifs (C(OH)–C–C–N with tert-alkyl or cyclic N) is 1. The van der Waals surface area contributed by atoms with Crippen molar-refractivity contribution in [3.8, 4) is 11.1 Å². The lowest BCUT2D eigenvalue weighted by atomic mass is 9.93. The molecule has 0 saturated carbocycles. The first-order chi connectivity index (χ1) is 16.8. The van der Waals surface area contributed by atoms with Crippen LogP contribution >= 0.6 is 0 Å². The molecule has 35 heavy (non-hydrogen) atoms. The molecule has 2 aliphatic heterocycles. The highest BCUT2D eigenvalue weighted by molar-refractivity contribution is 5.79. The number of hydrogen-bond acceptors (Lipinski definition) is 7. The minimum Gasteiger partial charge on any atom is -0.395 e. The minimum atomic E-state index is -4.47. The topological polar surface area (TPSA) is 98.8 Å². The molecule has 2 aromatic rings. The number of aliphatic hydroxyl groups is 1. The Morgan fingerprint density at radius 2 is 1.86 bits per heavy atom. The number of hydrogen-bond donors (Lipinski definition) is 2. The number of carbonyl (C=O) groups is 1. The van der Waals surface area contributed by atoms with Crippen molar-refractivity contribution in [2.24, 2.45) is 0 Å². The summed E-state index contributed by atoms with van der Waals surface area (Å²) in [7, 11) is 0. The lowest BCUT2D eigenvalue weighted by Gasteiger charge is -2.39. The maximum atomic E-state index is 13.4. The van der Waals surface area contributed by atoms with Crippen molar-refractivity contribution < 1.29 is 23.1 Å². The lowest BCUT2D eigenvalue weighted by molar-refractivity contribution is -0.138. The van der Waals surface area contributed by atoms with Gasteiger partial charge in [0.05, 0.1) is 30.5 Å². The highest BCUT2D eigenvalue weighted by Crippen LogP contribution is 2.38. The highest BCUT2D eigenvalue weighted by Gasteiger charge is 2.34. The maximum absolute atomic E-state index is 13.4. The molecule has 0 bridgehead atoms. The number of rotatable bonds is 6. The first-order valence-corrected chi connectivity index (χ1v) is 11.9. The summed E-state index contributed by atoms with van der Waals surface area (Å²) in [6.07, 6.45) is -0.645. The maximum Gasteiger partial charge on any atom is 0.416 e. The number of piperidine rings is 1. The van der Waals surface area contributed by atoms with Gasteiger partial charge in [0.25, 0.3) is 0 Å². The van der Waals surface area contributed by atoms with Gasteiger partial charge in [-0.3, -0.25) is 14.6 Å². The Balaban J connectivity index is 1.58. The third-order valence-corrected chi connectivity index (χ3v) is 6.72. The lowest BCUT2D eigenvalue weighted by Crippen LogP contribution is -2.51. The molecule has 11 heteroatoms. The zero-order valence-electron chi connectivity index (χ0n) is 19.5. The van der Waals surface area contributed by atoms with E-state index in [1.54, 1.807) is 11.0 Å². The van der Waals surface area contributed by atoms with Crippen LogP contribution in [-0.2, 0) is 11.0 Å². The van der Waals surface area contributed by atoms with Crippen molar-refractivity contribution in [2.75, 3.05) is 58.2 Å². The van der Waals surface area contributed by atoms with Crippen LogP contribution in [0.3, 0.4) is 0 Å². The van der Waals surface area contributed by atoms with Crippen LogP contribution in [0.25, 0.3) is 11.1 Å². The summed E-state index contributed by atoms with van der Waals surface area (Å²) in [5.41, 5.74) is 6.40. The Morgan fingerprint density at radius 1 is 1.11 bits per heavy atom. The number of likely N-dealkylation sites (tertiary alicyclic amines) is 1. The molecule has 190 valence electrons. The van der Waals surface area contributed by atoms with Crippen molar-refractivity contribution >= 4 is 11.9 Å². The number of amides is 1. The van der Waals surface area contributed by atoms with E-state index in [9.17, 15) is 18.0 Å². The van der Waals surface area contributed by atoms with Crippen LogP contribution in [0.4, 0.5) is 19.1 Å². The van der Waals surface area contributed by atoms with E-state index in [1.807, 2.05) is 0 Å². The summed E-state index contributed by atoms with van der Waals surface area (Å²) in [4.78, 5) is 27.9. The molecule has 3 N–H and O–H groups in total. The summed E-state index contributed by atoms with van der Waals surface area (Å²) in [5.74, 6) is -0.00816. The van der Waals surface area contributed by atoms with Gasteiger partial charge in [-0.15, -0.1) is 0 Å². The van der Waals surface area contributed by atoms with Crippen molar-refractivity contribution in [3.63, 3.8) is 0 Å². The van der Waals surface area contributed by atoms with Crippen LogP contribution in [0.2, 0.25) is 0 Å². The van der Waals surface area contributed by atoms with Crippen LogP contribution in [0.5, 0.6) is 0 Å². The Kier molecular flexibility index (Phi) is 7.88. The molecule has 2 aliphatic rings. The van der Waals surface area contributed by atoms with Crippen LogP contribution in [-0.4, -0.2) is 88.1 Å². The average molecular weight is 493 g/mol. The summed E-state index contributed by atoms with van der Waals surface area (Å²) in [5, 5.41) is 9.13. The van der Waals surface area contributed by atoms with E-state index in [0.717, 1.165) is 51.2 Å². The monoisotopic (exact) mass is 492 g/mol. The molecule has 2 fully saturated rings. The van der Waals surface area contributed by atoms with Crippen LogP contribution in [0.1, 0.15) is 36.6 Å². The quantitative estimate of drug-likeness (QED) is 0.639. The summed E-state index contributed by atoms with van der Waals surface area (Å²) >= 11 is 0.